The summed E-state index contributed by atoms with van der Waals surface area (Å²) in [7, 11) is 3.70. The molecule has 1 aromatic heterocycles. The van der Waals surface area contributed by atoms with E-state index in [2.05, 4.69) is 15.3 Å². The highest BCUT2D eigenvalue weighted by atomic mass is 19.1. The molecule has 0 fully saturated rings. The van der Waals surface area contributed by atoms with Crippen molar-refractivity contribution in [2.75, 3.05) is 24.3 Å². The van der Waals surface area contributed by atoms with Crippen LogP contribution in [0.2, 0.25) is 0 Å². The molecule has 110 valence electrons. The quantitative estimate of drug-likeness (QED) is 0.943. The van der Waals surface area contributed by atoms with Crippen LogP contribution >= 0.6 is 0 Å². The molecule has 0 aliphatic heterocycles. The first-order valence-electron chi connectivity index (χ1n) is 6.48. The number of aryl methyl sites for hydroxylation is 2. The minimum Gasteiger partial charge on any atom is -0.347 e. The molecule has 0 saturated heterocycles. The molecular weight excluding hydrogens is 271 g/mol. The first-order chi connectivity index (χ1) is 9.88. The fourth-order valence-corrected chi connectivity index (χ4v) is 1.87. The molecule has 0 bridgehead atoms. The number of hydrogen-bond donors (Lipinski definition) is 1. The van der Waals surface area contributed by atoms with Crippen molar-refractivity contribution < 1.29 is 9.18 Å². The van der Waals surface area contributed by atoms with Crippen LogP contribution in [0.25, 0.3) is 0 Å². The number of anilines is 2. The van der Waals surface area contributed by atoms with Gasteiger partial charge in [-0.15, -0.1) is 0 Å². The number of hydrogen-bond acceptors (Lipinski definition) is 4. The van der Waals surface area contributed by atoms with E-state index in [1.807, 2.05) is 27.9 Å². The summed E-state index contributed by atoms with van der Waals surface area (Å²) in [6, 6.07) is 5.37. The third kappa shape index (κ3) is 3.34. The van der Waals surface area contributed by atoms with Crippen LogP contribution in [0.4, 0.5) is 16.0 Å². The van der Waals surface area contributed by atoms with Crippen molar-refractivity contribution in [2.45, 2.75) is 13.8 Å². The van der Waals surface area contributed by atoms with Gasteiger partial charge in [0.05, 0.1) is 17.1 Å². The zero-order valence-corrected chi connectivity index (χ0v) is 12.4. The summed E-state index contributed by atoms with van der Waals surface area (Å²) < 4.78 is 12.9. The van der Waals surface area contributed by atoms with Crippen molar-refractivity contribution >= 4 is 17.5 Å². The number of rotatable bonds is 3. The Morgan fingerprint density at radius 1 is 1.10 bits per heavy atom. The van der Waals surface area contributed by atoms with Crippen molar-refractivity contribution in [3.63, 3.8) is 0 Å². The number of carbonyl (C=O) groups excluding carboxylic acids is 1. The van der Waals surface area contributed by atoms with Crippen molar-refractivity contribution in [2.24, 2.45) is 0 Å². The Hall–Kier alpha value is -2.50. The second-order valence-corrected chi connectivity index (χ2v) is 4.92. The van der Waals surface area contributed by atoms with Gasteiger partial charge in [-0.25, -0.2) is 14.4 Å². The summed E-state index contributed by atoms with van der Waals surface area (Å²) >= 11 is 0. The van der Waals surface area contributed by atoms with Gasteiger partial charge in [0, 0.05) is 19.7 Å². The lowest BCUT2D eigenvalue weighted by atomic mass is 10.2. The monoisotopic (exact) mass is 288 g/mol. The number of benzene rings is 1. The van der Waals surface area contributed by atoms with Gasteiger partial charge in [-0.1, -0.05) is 0 Å². The van der Waals surface area contributed by atoms with Crippen molar-refractivity contribution in [1.82, 2.24) is 9.97 Å². The molecule has 0 radical (unpaired) electrons. The number of aromatic nitrogens is 2. The van der Waals surface area contributed by atoms with Crippen molar-refractivity contribution in [3.05, 3.63) is 47.0 Å². The summed E-state index contributed by atoms with van der Waals surface area (Å²) in [5, 5.41) is 2.78. The third-order valence-corrected chi connectivity index (χ3v) is 3.00. The van der Waals surface area contributed by atoms with Crippen molar-refractivity contribution in [3.8, 4) is 0 Å². The SMILES string of the molecule is Cc1nc(N(C)C)nc(C)c1NC(=O)c1ccc(F)cc1. The van der Waals surface area contributed by atoms with Gasteiger partial charge in [0.1, 0.15) is 5.82 Å². The number of amides is 1. The topological polar surface area (TPSA) is 58.1 Å². The van der Waals surface area contributed by atoms with E-state index in [0.717, 1.165) is 0 Å². The molecule has 0 saturated carbocycles. The van der Waals surface area contributed by atoms with E-state index in [0.29, 0.717) is 28.6 Å². The van der Waals surface area contributed by atoms with Gasteiger partial charge in [0.25, 0.3) is 5.91 Å². The molecule has 1 amide bonds. The fourth-order valence-electron chi connectivity index (χ4n) is 1.87. The van der Waals surface area contributed by atoms with Crippen LogP contribution < -0.4 is 10.2 Å². The number of halogens is 1. The van der Waals surface area contributed by atoms with Crippen molar-refractivity contribution in [1.29, 1.82) is 0 Å². The third-order valence-electron chi connectivity index (χ3n) is 3.00. The zero-order chi connectivity index (χ0) is 15.6. The molecule has 0 atom stereocenters. The lowest BCUT2D eigenvalue weighted by Crippen LogP contribution is -2.18. The Kier molecular flexibility index (Phi) is 4.16. The molecule has 6 heteroatoms. The Morgan fingerprint density at radius 2 is 1.62 bits per heavy atom. The minimum atomic E-state index is -0.377. The maximum atomic E-state index is 12.9. The summed E-state index contributed by atoms with van der Waals surface area (Å²) in [6.45, 7) is 3.61. The number of carbonyl (C=O) groups is 1. The molecule has 2 rings (SSSR count). The predicted molar refractivity (Wildman–Crippen MR) is 80.2 cm³/mol. The van der Waals surface area contributed by atoms with E-state index in [-0.39, 0.29) is 11.7 Å². The Bertz CT molecular complexity index is 645. The second kappa shape index (κ2) is 5.87. The van der Waals surface area contributed by atoms with E-state index in [9.17, 15) is 9.18 Å². The Balaban J connectivity index is 2.27. The summed E-state index contributed by atoms with van der Waals surface area (Å²) in [6.07, 6.45) is 0. The highest BCUT2D eigenvalue weighted by Crippen LogP contribution is 2.20. The first kappa shape index (κ1) is 14.9. The lowest BCUT2D eigenvalue weighted by Gasteiger charge is -2.15. The van der Waals surface area contributed by atoms with Crippen LogP contribution in [0, 0.1) is 19.7 Å². The molecule has 0 aliphatic rings. The maximum absolute atomic E-state index is 12.9. The standard InChI is InChI=1S/C15H17FN4O/c1-9-13(10(2)18-15(17-9)20(3)4)19-14(21)11-5-7-12(16)8-6-11/h5-8H,1-4H3,(H,19,21). The molecule has 1 N–H and O–H groups in total. The Morgan fingerprint density at radius 3 is 2.10 bits per heavy atom. The predicted octanol–water partition coefficient (Wildman–Crippen LogP) is 2.55. The second-order valence-electron chi connectivity index (χ2n) is 4.92. The summed E-state index contributed by atoms with van der Waals surface area (Å²) in [4.78, 5) is 22.6. The normalized spacial score (nSPS) is 10.3. The van der Waals surface area contributed by atoms with E-state index in [4.69, 9.17) is 0 Å². The molecule has 0 aliphatic carbocycles. The average molecular weight is 288 g/mol. The molecular formula is C15H17FN4O. The van der Waals surface area contributed by atoms with Crippen LogP contribution in [-0.2, 0) is 0 Å². The molecule has 5 nitrogen and oxygen atoms in total. The smallest absolute Gasteiger partial charge is 0.255 e. The Labute approximate surface area is 122 Å². The lowest BCUT2D eigenvalue weighted by molar-refractivity contribution is 0.102. The number of nitrogens with zero attached hydrogens (tertiary/aromatic N) is 3. The summed E-state index contributed by atoms with van der Waals surface area (Å²) in [5.74, 6) is -0.107. The van der Waals surface area contributed by atoms with Gasteiger partial charge in [0.2, 0.25) is 5.95 Å². The summed E-state index contributed by atoms with van der Waals surface area (Å²) in [5.41, 5.74) is 2.32. The van der Waals surface area contributed by atoms with Gasteiger partial charge < -0.3 is 10.2 Å². The number of nitrogens with one attached hydrogen (secondary N) is 1. The van der Waals surface area contributed by atoms with E-state index < -0.39 is 0 Å². The molecule has 1 aromatic carbocycles. The fraction of sp³-hybridized carbons (Fsp3) is 0.267. The van der Waals surface area contributed by atoms with Gasteiger partial charge in [-0.3, -0.25) is 4.79 Å². The van der Waals surface area contributed by atoms with Crippen LogP contribution in [0.1, 0.15) is 21.7 Å². The van der Waals surface area contributed by atoms with E-state index in [1.165, 1.54) is 24.3 Å². The van der Waals surface area contributed by atoms with Gasteiger partial charge in [-0.05, 0) is 38.1 Å². The van der Waals surface area contributed by atoms with E-state index >= 15 is 0 Å². The molecule has 21 heavy (non-hydrogen) atoms. The van der Waals surface area contributed by atoms with Gasteiger partial charge in [0.15, 0.2) is 0 Å². The molecule has 2 aromatic rings. The first-order valence-corrected chi connectivity index (χ1v) is 6.48. The largest absolute Gasteiger partial charge is 0.347 e. The van der Waals surface area contributed by atoms with Gasteiger partial charge in [-0.2, -0.15) is 0 Å². The van der Waals surface area contributed by atoms with E-state index in [1.54, 1.807) is 4.90 Å². The minimum absolute atomic E-state index is 0.317. The van der Waals surface area contributed by atoms with Crippen LogP contribution in [0.3, 0.4) is 0 Å². The van der Waals surface area contributed by atoms with Gasteiger partial charge >= 0.3 is 0 Å². The average Bonchev–Trinajstić information content (AvgIpc) is 2.43. The highest BCUT2D eigenvalue weighted by Gasteiger charge is 2.13. The van der Waals surface area contributed by atoms with Crippen LogP contribution in [0.15, 0.2) is 24.3 Å². The highest BCUT2D eigenvalue weighted by molar-refractivity contribution is 6.04. The van der Waals surface area contributed by atoms with Crippen LogP contribution in [-0.4, -0.2) is 30.0 Å². The maximum Gasteiger partial charge on any atom is 0.255 e. The molecule has 0 spiro atoms. The molecule has 1 heterocycles. The molecule has 0 unspecified atom stereocenters. The zero-order valence-electron chi connectivity index (χ0n) is 12.4. The van der Waals surface area contributed by atoms with Crippen LogP contribution in [0.5, 0.6) is 0 Å².